The van der Waals surface area contributed by atoms with E-state index >= 15 is 0 Å². The fourth-order valence-corrected chi connectivity index (χ4v) is 2.47. The lowest BCUT2D eigenvalue weighted by Gasteiger charge is -2.23. The van der Waals surface area contributed by atoms with Crippen LogP contribution in [0, 0.1) is 0 Å². The predicted molar refractivity (Wildman–Crippen MR) is 72.6 cm³/mol. The third-order valence-corrected chi connectivity index (χ3v) is 3.62. The minimum Gasteiger partial charge on any atom is -0.338 e. The minimum atomic E-state index is 0.151. The summed E-state index contributed by atoms with van der Waals surface area (Å²) in [6.07, 6.45) is 4.09. The topological polar surface area (TPSA) is 51.0 Å². The van der Waals surface area contributed by atoms with Crippen LogP contribution in [0.4, 0.5) is 0 Å². The summed E-state index contributed by atoms with van der Waals surface area (Å²) in [5.41, 5.74) is 2.74. The molecular weight excluding hydrogens is 238 g/mol. The van der Waals surface area contributed by atoms with Gasteiger partial charge in [0, 0.05) is 13.0 Å². The van der Waals surface area contributed by atoms with Crippen molar-refractivity contribution in [3.05, 3.63) is 47.1 Å². The van der Waals surface area contributed by atoms with Crippen molar-refractivity contribution in [2.45, 2.75) is 45.2 Å². The molecule has 0 radical (unpaired) electrons. The fraction of sp³-hybridized carbons (Fsp3) is 0.467. The van der Waals surface area contributed by atoms with Crippen LogP contribution in [0.1, 0.15) is 48.6 Å². The van der Waals surface area contributed by atoms with Crippen molar-refractivity contribution in [1.82, 2.24) is 15.5 Å². The smallest absolute Gasteiger partial charge is 0.244 e. The van der Waals surface area contributed by atoms with Crippen LogP contribution in [0.3, 0.4) is 0 Å². The summed E-state index contributed by atoms with van der Waals surface area (Å²) in [4.78, 5) is 4.50. The molecule has 19 heavy (non-hydrogen) atoms. The lowest BCUT2D eigenvalue weighted by Crippen LogP contribution is -2.28. The molecule has 0 aliphatic carbocycles. The highest BCUT2D eigenvalue weighted by atomic mass is 16.5. The zero-order valence-electron chi connectivity index (χ0n) is 11.2. The summed E-state index contributed by atoms with van der Waals surface area (Å²) in [5, 5.41) is 7.52. The number of nitrogens with zero attached hydrogens (tertiary/aromatic N) is 2. The van der Waals surface area contributed by atoms with Crippen LogP contribution in [0.5, 0.6) is 0 Å². The molecule has 0 fully saturated rings. The van der Waals surface area contributed by atoms with E-state index in [-0.39, 0.29) is 6.04 Å². The molecule has 4 heteroatoms. The van der Waals surface area contributed by atoms with Gasteiger partial charge in [-0.1, -0.05) is 42.8 Å². The number of hydrogen-bond acceptors (Lipinski definition) is 4. The van der Waals surface area contributed by atoms with E-state index in [1.807, 2.05) is 0 Å². The summed E-state index contributed by atoms with van der Waals surface area (Å²) in [6.45, 7) is 3.04. The average Bonchev–Trinajstić information content (AvgIpc) is 2.93. The first-order valence-electron chi connectivity index (χ1n) is 6.99. The van der Waals surface area contributed by atoms with Crippen molar-refractivity contribution in [2.75, 3.05) is 0 Å². The Kier molecular flexibility index (Phi) is 3.60. The number of hydrogen-bond donors (Lipinski definition) is 1. The summed E-state index contributed by atoms with van der Waals surface area (Å²) in [7, 11) is 0. The number of benzene rings is 1. The molecule has 0 saturated heterocycles. The molecule has 0 unspecified atom stereocenters. The maximum absolute atomic E-state index is 5.39. The number of unbranched alkanes of at least 4 members (excludes halogenated alkanes) is 1. The third kappa shape index (κ3) is 2.68. The molecule has 1 aromatic heterocycles. The van der Waals surface area contributed by atoms with Crippen LogP contribution in [0.25, 0.3) is 0 Å². The quantitative estimate of drug-likeness (QED) is 0.915. The summed E-state index contributed by atoms with van der Waals surface area (Å²) in [5.74, 6) is 1.55. The maximum atomic E-state index is 5.39. The van der Waals surface area contributed by atoms with Gasteiger partial charge in [-0.25, -0.2) is 0 Å². The Bertz CT molecular complexity index is 550. The van der Waals surface area contributed by atoms with Gasteiger partial charge in [0.1, 0.15) is 0 Å². The molecule has 4 nitrogen and oxygen atoms in total. The molecule has 0 amide bonds. The highest BCUT2D eigenvalue weighted by Gasteiger charge is 2.23. The summed E-state index contributed by atoms with van der Waals surface area (Å²) >= 11 is 0. The van der Waals surface area contributed by atoms with Crippen LogP contribution in [-0.4, -0.2) is 10.1 Å². The van der Waals surface area contributed by atoms with Gasteiger partial charge in [-0.3, -0.25) is 0 Å². The number of aryl methyl sites for hydroxylation is 1. The number of fused-ring (bicyclic) bond motifs is 1. The second-order valence-corrected chi connectivity index (χ2v) is 5.06. The Balaban J connectivity index is 1.72. The monoisotopic (exact) mass is 257 g/mol. The van der Waals surface area contributed by atoms with E-state index in [2.05, 4.69) is 46.6 Å². The number of nitrogens with one attached hydrogen (secondary N) is 1. The Morgan fingerprint density at radius 1 is 1.32 bits per heavy atom. The molecule has 2 aromatic rings. The molecule has 0 saturated carbocycles. The molecule has 0 spiro atoms. The van der Waals surface area contributed by atoms with E-state index in [0.717, 1.165) is 43.9 Å². The Morgan fingerprint density at radius 3 is 3.00 bits per heavy atom. The zero-order valence-corrected chi connectivity index (χ0v) is 11.2. The number of rotatable bonds is 4. The largest absolute Gasteiger partial charge is 0.338 e. The van der Waals surface area contributed by atoms with Crippen LogP contribution < -0.4 is 5.32 Å². The van der Waals surface area contributed by atoms with Crippen molar-refractivity contribution < 1.29 is 4.52 Å². The van der Waals surface area contributed by atoms with E-state index in [9.17, 15) is 0 Å². The molecule has 1 aliphatic rings. The van der Waals surface area contributed by atoms with E-state index in [0.29, 0.717) is 0 Å². The first-order chi connectivity index (χ1) is 9.36. The van der Waals surface area contributed by atoms with Crippen LogP contribution in [0.15, 0.2) is 28.8 Å². The lowest BCUT2D eigenvalue weighted by atomic mass is 9.96. The molecule has 100 valence electrons. The van der Waals surface area contributed by atoms with Crippen molar-refractivity contribution in [1.29, 1.82) is 0 Å². The highest BCUT2D eigenvalue weighted by molar-refractivity contribution is 5.30. The van der Waals surface area contributed by atoms with Gasteiger partial charge in [-0.2, -0.15) is 4.98 Å². The van der Waals surface area contributed by atoms with Gasteiger partial charge >= 0.3 is 0 Å². The zero-order chi connectivity index (χ0) is 13.1. The van der Waals surface area contributed by atoms with E-state index in [1.54, 1.807) is 0 Å². The first kappa shape index (κ1) is 12.4. The van der Waals surface area contributed by atoms with Gasteiger partial charge in [0.25, 0.3) is 0 Å². The van der Waals surface area contributed by atoms with Gasteiger partial charge < -0.3 is 9.84 Å². The normalized spacial score (nSPS) is 18.3. The number of aromatic nitrogens is 2. The Labute approximate surface area is 113 Å². The van der Waals surface area contributed by atoms with Crippen molar-refractivity contribution in [3.63, 3.8) is 0 Å². The van der Waals surface area contributed by atoms with Crippen LogP contribution in [-0.2, 0) is 19.4 Å². The van der Waals surface area contributed by atoms with E-state index in [1.165, 1.54) is 11.1 Å². The van der Waals surface area contributed by atoms with Gasteiger partial charge in [-0.15, -0.1) is 0 Å². The molecule has 2 heterocycles. The van der Waals surface area contributed by atoms with Gasteiger partial charge in [0.2, 0.25) is 5.89 Å². The molecule has 1 aromatic carbocycles. The summed E-state index contributed by atoms with van der Waals surface area (Å²) in [6, 6.07) is 8.66. The first-order valence-corrected chi connectivity index (χ1v) is 6.99. The van der Waals surface area contributed by atoms with Crippen molar-refractivity contribution in [3.8, 4) is 0 Å². The maximum Gasteiger partial charge on any atom is 0.244 e. The standard InChI is InChI=1S/C15H19N3O/c1-2-3-8-14-17-15(19-18-14)13-9-11-6-4-5-7-12(11)10-16-13/h4-7,13,16H,2-3,8-10H2,1H3/t13-/m1/s1. The molecule has 1 N–H and O–H groups in total. The molecule has 3 rings (SSSR count). The Morgan fingerprint density at radius 2 is 2.16 bits per heavy atom. The molecular formula is C15H19N3O. The molecule has 0 bridgehead atoms. The van der Waals surface area contributed by atoms with Gasteiger partial charge in [0.05, 0.1) is 6.04 Å². The van der Waals surface area contributed by atoms with Crippen molar-refractivity contribution in [2.24, 2.45) is 0 Å². The highest BCUT2D eigenvalue weighted by Crippen LogP contribution is 2.24. The fourth-order valence-electron chi connectivity index (χ4n) is 2.47. The van der Waals surface area contributed by atoms with Gasteiger partial charge in [-0.05, 0) is 24.0 Å². The van der Waals surface area contributed by atoms with E-state index < -0.39 is 0 Å². The second kappa shape index (κ2) is 5.53. The third-order valence-electron chi connectivity index (χ3n) is 3.62. The predicted octanol–water partition coefficient (Wildman–Crippen LogP) is 2.80. The van der Waals surface area contributed by atoms with Gasteiger partial charge in [0.15, 0.2) is 5.82 Å². The molecule has 1 atom stereocenters. The van der Waals surface area contributed by atoms with E-state index in [4.69, 9.17) is 4.52 Å². The Hall–Kier alpha value is -1.68. The summed E-state index contributed by atoms with van der Waals surface area (Å²) < 4.78 is 5.39. The van der Waals surface area contributed by atoms with Crippen LogP contribution >= 0.6 is 0 Å². The lowest BCUT2D eigenvalue weighted by molar-refractivity contribution is 0.318. The molecule has 1 aliphatic heterocycles. The minimum absolute atomic E-state index is 0.151. The van der Waals surface area contributed by atoms with Crippen molar-refractivity contribution >= 4 is 0 Å². The van der Waals surface area contributed by atoms with Crippen LogP contribution in [0.2, 0.25) is 0 Å². The average molecular weight is 257 g/mol. The second-order valence-electron chi connectivity index (χ2n) is 5.06. The SMILES string of the molecule is CCCCc1noc([C@H]2Cc3ccccc3CN2)n1.